The Kier molecular flexibility index (Phi) is 5.73. The van der Waals surface area contributed by atoms with Crippen LogP contribution in [-0.4, -0.2) is 47.1 Å². The van der Waals surface area contributed by atoms with Gasteiger partial charge in [0.2, 0.25) is 5.91 Å². The van der Waals surface area contributed by atoms with E-state index in [1.165, 1.54) is 24.5 Å². The van der Waals surface area contributed by atoms with E-state index >= 15 is 0 Å². The van der Waals surface area contributed by atoms with E-state index in [0.29, 0.717) is 28.2 Å². The predicted molar refractivity (Wildman–Crippen MR) is 129 cm³/mol. The highest BCUT2D eigenvalue weighted by molar-refractivity contribution is 6.42. The summed E-state index contributed by atoms with van der Waals surface area (Å²) in [5.41, 5.74) is 0.858. The van der Waals surface area contributed by atoms with Crippen molar-refractivity contribution in [3.63, 3.8) is 0 Å². The molecule has 2 fully saturated rings. The molecule has 1 N–H and O–H groups in total. The number of hydrogen-bond donors (Lipinski definition) is 1. The van der Waals surface area contributed by atoms with Gasteiger partial charge < -0.3 is 19.7 Å². The Hall–Kier alpha value is -3.10. The van der Waals surface area contributed by atoms with E-state index < -0.39 is 5.82 Å². The van der Waals surface area contributed by atoms with E-state index in [2.05, 4.69) is 21.9 Å². The van der Waals surface area contributed by atoms with Gasteiger partial charge in [-0.15, -0.1) is 0 Å². The molecule has 1 aromatic heterocycles. The van der Waals surface area contributed by atoms with Gasteiger partial charge in [0, 0.05) is 30.0 Å². The molecular formula is C24H21Cl2FN4O3. The number of rotatable bonds is 6. The summed E-state index contributed by atoms with van der Waals surface area (Å²) in [6.07, 6.45) is 4.42. The molecule has 1 aliphatic heterocycles. The molecule has 7 nitrogen and oxygen atoms in total. The highest BCUT2D eigenvalue weighted by Gasteiger charge is 2.54. The first-order valence-electron chi connectivity index (χ1n) is 10.6. The molecule has 176 valence electrons. The maximum Gasteiger partial charge on any atom is 0.245 e. The lowest BCUT2D eigenvalue weighted by atomic mass is 9.61. The van der Waals surface area contributed by atoms with Crippen molar-refractivity contribution < 1.29 is 18.7 Å². The van der Waals surface area contributed by atoms with E-state index in [9.17, 15) is 9.18 Å². The van der Waals surface area contributed by atoms with Gasteiger partial charge in [0.15, 0.2) is 17.3 Å². The monoisotopic (exact) mass is 502 g/mol. The molecule has 2 aromatic carbocycles. The average molecular weight is 503 g/mol. The van der Waals surface area contributed by atoms with Crippen LogP contribution in [0.4, 0.5) is 15.9 Å². The molecule has 0 atom stereocenters. The number of nitrogens with one attached hydrogen (secondary N) is 1. The smallest absolute Gasteiger partial charge is 0.245 e. The molecule has 1 saturated carbocycles. The first-order valence-corrected chi connectivity index (χ1v) is 11.4. The van der Waals surface area contributed by atoms with Crippen molar-refractivity contribution in [3.05, 3.63) is 59.1 Å². The largest absolute Gasteiger partial charge is 0.493 e. The minimum Gasteiger partial charge on any atom is -0.493 e. The van der Waals surface area contributed by atoms with Gasteiger partial charge in [0.05, 0.1) is 28.4 Å². The number of likely N-dealkylation sites (tertiary alicyclic amines) is 1. The second kappa shape index (κ2) is 8.60. The standard InChI is InChI=1S/C24H21Cl2FN4O3/c1-3-20(32)31-10-24(11-31)8-13(9-24)34-19-6-14-17(7-18(19)33-2)28-12-29-23(14)30-16-5-4-15(25)21(26)22(16)27/h3-7,12-13H,1,8-11H2,2H3,(H,28,29,30). The van der Waals surface area contributed by atoms with Crippen molar-refractivity contribution in [1.82, 2.24) is 14.9 Å². The maximum atomic E-state index is 14.6. The van der Waals surface area contributed by atoms with Crippen molar-refractivity contribution in [2.75, 3.05) is 25.5 Å². The van der Waals surface area contributed by atoms with E-state index in [1.807, 2.05) is 0 Å². The molecule has 1 saturated heterocycles. The predicted octanol–water partition coefficient (Wildman–Crippen LogP) is 5.38. The van der Waals surface area contributed by atoms with Crippen LogP contribution in [0.15, 0.2) is 43.2 Å². The fourth-order valence-corrected chi connectivity index (χ4v) is 4.95. The van der Waals surface area contributed by atoms with Gasteiger partial charge in [-0.2, -0.15) is 0 Å². The number of ether oxygens (including phenoxy) is 2. The first kappa shape index (κ1) is 22.7. The van der Waals surface area contributed by atoms with Crippen LogP contribution in [0, 0.1) is 11.2 Å². The number of benzene rings is 2. The summed E-state index contributed by atoms with van der Waals surface area (Å²) < 4.78 is 26.4. The number of hydrogen-bond acceptors (Lipinski definition) is 6. The van der Waals surface area contributed by atoms with Crippen LogP contribution in [0.5, 0.6) is 11.5 Å². The third kappa shape index (κ3) is 3.91. The summed E-state index contributed by atoms with van der Waals surface area (Å²) in [5.74, 6) is 0.758. The second-order valence-corrected chi connectivity index (χ2v) is 9.42. The SMILES string of the molecule is C=CC(=O)N1CC2(CC(Oc3cc4c(Nc5ccc(Cl)c(Cl)c5F)ncnc4cc3OC)C2)C1. The van der Waals surface area contributed by atoms with Gasteiger partial charge in [-0.3, -0.25) is 4.79 Å². The van der Waals surface area contributed by atoms with Gasteiger partial charge in [0.1, 0.15) is 18.2 Å². The van der Waals surface area contributed by atoms with Crippen molar-refractivity contribution in [3.8, 4) is 11.5 Å². The van der Waals surface area contributed by atoms with Gasteiger partial charge in [-0.25, -0.2) is 14.4 Å². The molecule has 1 aliphatic carbocycles. The summed E-state index contributed by atoms with van der Waals surface area (Å²) in [6, 6.07) is 6.54. The van der Waals surface area contributed by atoms with Crippen molar-refractivity contribution in [2.45, 2.75) is 18.9 Å². The van der Waals surface area contributed by atoms with Crippen molar-refractivity contribution in [1.29, 1.82) is 0 Å². The topological polar surface area (TPSA) is 76.6 Å². The minimum absolute atomic E-state index is 0.000823. The van der Waals surface area contributed by atoms with Gasteiger partial charge >= 0.3 is 0 Å². The lowest BCUT2D eigenvalue weighted by molar-refractivity contribution is -0.155. The van der Waals surface area contributed by atoms with Crippen molar-refractivity contribution >= 4 is 51.5 Å². The van der Waals surface area contributed by atoms with E-state index in [4.69, 9.17) is 32.7 Å². The molecule has 0 unspecified atom stereocenters. The Balaban J connectivity index is 1.38. The molecule has 10 heteroatoms. The molecule has 2 heterocycles. The molecule has 5 rings (SSSR count). The van der Waals surface area contributed by atoms with Crippen molar-refractivity contribution in [2.24, 2.45) is 5.41 Å². The zero-order valence-corrected chi connectivity index (χ0v) is 19.8. The first-order chi connectivity index (χ1) is 16.3. The minimum atomic E-state index is -0.671. The molecular weight excluding hydrogens is 482 g/mol. The molecule has 1 amide bonds. The van der Waals surface area contributed by atoms with Crippen LogP contribution in [0.3, 0.4) is 0 Å². The van der Waals surface area contributed by atoms with E-state index in [1.54, 1.807) is 24.1 Å². The number of carbonyl (C=O) groups excluding carboxylic acids is 1. The van der Waals surface area contributed by atoms with Gasteiger partial charge in [0.25, 0.3) is 0 Å². The summed E-state index contributed by atoms with van der Waals surface area (Å²) in [4.78, 5) is 22.1. The van der Waals surface area contributed by atoms with Crippen LogP contribution in [0.1, 0.15) is 12.8 Å². The number of amides is 1. The summed E-state index contributed by atoms with van der Waals surface area (Å²) in [6.45, 7) is 4.99. The zero-order valence-electron chi connectivity index (χ0n) is 18.3. The highest BCUT2D eigenvalue weighted by atomic mass is 35.5. The normalized spacial score (nSPS) is 16.6. The fourth-order valence-electron chi connectivity index (χ4n) is 4.64. The van der Waals surface area contributed by atoms with Crippen LogP contribution < -0.4 is 14.8 Å². The zero-order chi connectivity index (χ0) is 24.0. The Labute approximate surface area is 205 Å². The summed E-state index contributed by atoms with van der Waals surface area (Å²) >= 11 is 11.8. The molecule has 0 bridgehead atoms. The highest BCUT2D eigenvalue weighted by Crippen LogP contribution is 2.50. The molecule has 3 aromatic rings. The average Bonchev–Trinajstić information content (AvgIpc) is 2.79. The summed E-state index contributed by atoms with van der Waals surface area (Å²) in [5, 5.41) is 3.56. The molecule has 0 radical (unpaired) electrons. The number of aromatic nitrogens is 2. The quantitative estimate of drug-likeness (QED) is 0.360. The fraction of sp³-hybridized carbons (Fsp3) is 0.292. The third-order valence-corrected chi connectivity index (χ3v) is 7.14. The summed E-state index contributed by atoms with van der Waals surface area (Å²) in [7, 11) is 1.56. The Bertz CT molecular complexity index is 1310. The molecule has 34 heavy (non-hydrogen) atoms. The number of carbonyl (C=O) groups is 1. The number of fused-ring (bicyclic) bond motifs is 1. The van der Waals surface area contributed by atoms with Crippen LogP contribution in [-0.2, 0) is 4.79 Å². The molecule has 2 aliphatic rings. The van der Waals surface area contributed by atoms with E-state index in [-0.39, 0.29) is 33.2 Å². The number of halogens is 3. The Morgan fingerprint density at radius 1 is 1.26 bits per heavy atom. The van der Waals surface area contributed by atoms with Gasteiger partial charge in [-0.05, 0) is 37.1 Å². The van der Waals surface area contributed by atoms with E-state index in [0.717, 1.165) is 25.9 Å². The lowest BCUT2D eigenvalue weighted by Crippen LogP contribution is -2.65. The lowest BCUT2D eigenvalue weighted by Gasteiger charge is -2.58. The van der Waals surface area contributed by atoms with Crippen LogP contribution in [0.2, 0.25) is 10.0 Å². The van der Waals surface area contributed by atoms with Crippen LogP contribution in [0.25, 0.3) is 10.9 Å². The Morgan fingerprint density at radius 2 is 2.03 bits per heavy atom. The third-order valence-electron chi connectivity index (χ3n) is 6.36. The Morgan fingerprint density at radius 3 is 2.74 bits per heavy atom. The second-order valence-electron chi connectivity index (χ2n) is 8.64. The van der Waals surface area contributed by atoms with Crippen LogP contribution >= 0.6 is 23.2 Å². The number of nitrogens with zero attached hydrogens (tertiary/aromatic N) is 3. The van der Waals surface area contributed by atoms with Gasteiger partial charge in [-0.1, -0.05) is 29.8 Å². The maximum absolute atomic E-state index is 14.6. The molecule has 1 spiro atoms. The number of methoxy groups -OCH3 is 1. The number of anilines is 2.